The van der Waals surface area contributed by atoms with E-state index in [1.807, 2.05) is 45.0 Å². The molecule has 1 rings (SSSR count). The molecule has 0 aromatic heterocycles. The van der Waals surface area contributed by atoms with Crippen LogP contribution >= 0.6 is 0 Å². The Morgan fingerprint density at radius 2 is 1.72 bits per heavy atom. The number of rotatable bonds is 9. The number of carbonyl (C=O) groups excluding carboxylic acids is 2. The van der Waals surface area contributed by atoms with Gasteiger partial charge in [-0.1, -0.05) is 18.6 Å². The van der Waals surface area contributed by atoms with Crippen LogP contribution in [0.1, 0.15) is 52.0 Å². The van der Waals surface area contributed by atoms with Crippen LogP contribution in [0.25, 0.3) is 0 Å². The SMILES string of the molecule is COCc1ccc(NC(=O)CCCCCNC(=O)OC(C)(C)C)cc1. The predicted molar refractivity (Wildman–Crippen MR) is 98.5 cm³/mol. The fourth-order valence-corrected chi connectivity index (χ4v) is 2.17. The largest absolute Gasteiger partial charge is 0.444 e. The zero-order chi connectivity index (χ0) is 18.7. The van der Waals surface area contributed by atoms with Gasteiger partial charge < -0.3 is 20.1 Å². The van der Waals surface area contributed by atoms with Gasteiger partial charge in [0.15, 0.2) is 0 Å². The molecular formula is C19H30N2O4. The van der Waals surface area contributed by atoms with Gasteiger partial charge in [0, 0.05) is 25.8 Å². The first kappa shape index (κ1) is 21.0. The molecule has 0 aliphatic heterocycles. The Balaban J connectivity index is 2.11. The number of hydrogen-bond donors (Lipinski definition) is 2. The van der Waals surface area contributed by atoms with Crippen molar-refractivity contribution in [2.45, 2.75) is 58.7 Å². The van der Waals surface area contributed by atoms with Crippen LogP contribution in [0, 0.1) is 0 Å². The molecule has 0 spiro atoms. The van der Waals surface area contributed by atoms with Gasteiger partial charge in [0.05, 0.1) is 6.61 Å². The minimum Gasteiger partial charge on any atom is -0.444 e. The molecule has 6 heteroatoms. The molecule has 0 radical (unpaired) electrons. The van der Waals surface area contributed by atoms with Crippen molar-refractivity contribution >= 4 is 17.7 Å². The smallest absolute Gasteiger partial charge is 0.407 e. The zero-order valence-electron chi connectivity index (χ0n) is 15.7. The number of carbonyl (C=O) groups is 2. The van der Waals surface area contributed by atoms with Crippen LogP contribution in [0.2, 0.25) is 0 Å². The van der Waals surface area contributed by atoms with Crippen molar-refractivity contribution in [3.8, 4) is 0 Å². The lowest BCUT2D eigenvalue weighted by Gasteiger charge is -2.19. The summed E-state index contributed by atoms with van der Waals surface area (Å²) in [5, 5.41) is 5.59. The van der Waals surface area contributed by atoms with E-state index >= 15 is 0 Å². The number of unbranched alkanes of at least 4 members (excludes halogenated alkanes) is 2. The van der Waals surface area contributed by atoms with Crippen LogP contribution < -0.4 is 10.6 Å². The average molecular weight is 350 g/mol. The molecule has 0 heterocycles. The van der Waals surface area contributed by atoms with Gasteiger partial charge in [-0.3, -0.25) is 4.79 Å². The van der Waals surface area contributed by atoms with Crippen molar-refractivity contribution in [3.63, 3.8) is 0 Å². The van der Waals surface area contributed by atoms with Crippen LogP contribution in [0.5, 0.6) is 0 Å². The molecule has 6 nitrogen and oxygen atoms in total. The molecule has 0 atom stereocenters. The summed E-state index contributed by atoms with van der Waals surface area (Å²) in [6.07, 6.45) is 2.53. The highest BCUT2D eigenvalue weighted by atomic mass is 16.6. The Hall–Kier alpha value is -2.08. The van der Waals surface area contributed by atoms with Crippen LogP contribution in [-0.4, -0.2) is 31.3 Å². The summed E-state index contributed by atoms with van der Waals surface area (Å²) in [4.78, 5) is 23.4. The van der Waals surface area contributed by atoms with E-state index in [-0.39, 0.29) is 5.91 Å². The maximum absolute atomic E-state index is 11.9. The Kier molecular flexibility index (Phi) is 8.99. The van der Waals surface area contributed by atoms with Gasteiger partial charge in [-0.25, -0.2) is 4.79 Å². The summed E-state index contributed by atoms with van der Waals surface area (Å²) >= 11 is 0. The van der Waals surface area contributed by atoms with E-state index < -0.39 is 11.7 Å². The van der Waals surface area contributed by atoms with Gasteiger partial charge in [0.1, 0.15) is 5.60 Å². The summed E-state index contributed by atoms with van der Waals surface area (Å²) in [5.74, 6) is -0.000377. The first-order valence-electron chi connectivity index (χ1n) is 8.65. The molecule has 0 aliphatic carbocycles. The van der Waals surface area contributed by atoms with E-state index in [1.165, 1.54) is 0 Å². The van der Waals surface area contributed by atoms with Crippen molar-refractivity contribution in [2.24, 2.45) is 0 Å². The van der Waals surface area contributed by atoms with Crippen LogP contribution in [0.15, 0.2) is 24.3 Å². The molecule has 1 aromatic carbocycles. The molecule has 1 aromatic rings. The second kappa shape index (κ2) is 10.7. The van der Waals surface area contributed by atoms with E-state index in [0.717, 1.165) is 30.5 Å². The molecule has 0 saturated carbocycles. The summed E-state index contributed by atoms with van der Waals surface area (Å²) in [6, 6.07) is 7.61. The second-order valence-electron chi connectivity index (χ2n) is 6.92. The third-order valence-electron chi connectivity index (χ3n) is 3.30. The third kappa shape index (κ3) is 10.4. The number of amides is 2. The lowest BCUT2D eigenvalue weighted by Crippen LogP contribution is -2.33. The van der Waals surface area contributed by atoms with E-state index in [1.54, 1.807) is 7.11 Å². The highest BCUT2D eigenvalue weighted by Gasteiger charge is 2.15. The lowest BCUT2D eigenvalue weighted by molar-refractivity contribution is -0.116. The van der Waals surface area contributed by atoms with Crippen LogP contribution in [-0.2, 0) is 20.9 Å². The van der Waals surface area contributed by atoms with Gasteiger partial charge in [0.25, 0.3) is 0 Å². The molecule has 140 valence electrons. The number of anilines is 1. The summed E-state index contributed by atoms with van der Waals surface area (Å²) in [5.41, 5.74) is 1.37. The Morgan fingerprint density at radius 3 is 2.32 bits per heavy atom. The number of nitrogens with one attached hydrogen (secondary N) is 2. The average Bonchev–Trinajstić information content (AvgIpc) is 2.51. The van der Waals surface area contributed by atoms with Gasteiger partial charge in [-0.2, -0.15) is 0 Å². The number of benzene rings is 1. The number of hydrogen-bond acceptors (Lipinski definition) is 4. The highest BCUT2D eigenvalue weighted by molar-refractivity contribution is 5.90. The molecular weight excluding hydrogens is 320 g/mol. The zero-order valence-corrected chi connectivity index (χ0v) is 15.7. The Bertz CT molecular complexity index is 535. The summed E-state index contributed by atoms with van der Waals surface area (Å²) in [7, 11) is 1.65. The topological polar surface area (TPSA) is 76.7 Å². The molecule has 0 unspecified atom stereocenters. The molecule has 0 saturated heterocycles. The normalized spacial score (nSPS) is 11.0. The van der Waals surface area contributed by atoms with E-state index in [2.05, 4.69) is 10.6 Å². The molecule has 2 N–H and O–H groups in total. The van der Waals surface area contributed by atoms with Crippen LogP contribution in [0.3, 0.4) is 0 Å². The molecule has 2 amide bonds. The fraction of sp³-hybridized carbons (Fsp3) is 0.579. The van der Waals surface area contributed by atoms with E-state index in [9.17, 15) is 9.59 Å². The first-order valence-corrected chi connectivity index (χ1v) is 8.65. The maximum Gasteiger partial charge on any atom is 0.407 e. The van der Waals surface area contributed by atoms with Gasteiger partial charge in [-0.15, -0.1) is 0 Å². The van der Waals surface area contributed by atoms with Crippen molar-refractivity contribution in [1.82, 2.24) is 5.32 Å². The first-order chi connectivity index (χ1) is 11.8. The fourth-order valence-electron chi connectivity index (χ4n) is 2.17. The summed E-state index contributed by atoms with van der Waals surface area (Å²) in [6.45, 7) is 6.60. The monoisotopic (exact) mass is 350 g/mol. The molecule has 0 bridgehead atoms. The molecule has 25 heavy (non-hydrogen) atoms. The van der Waals surface area contributed by atoms with Crippen LogP contribution in [0.4, 0.5) is 10.5 Å². The minimum absolute atomic E-state index is 0.000377. The summed E-state index contributed by atoms with van der Waals surface area (Å²) < 4.78 is 10.2. The highest BCUT2D eigenvalue weighted by Crippen LogP contribution is 2.11. The number of methoxy groups -OCH3 is 1. The second-order valence-corrected chi connectivity index (χ2v) is 6.92. The predicted octanol–water partition coefficient (Wildman–Crippen LogP) is 3.86. The Labute approximate surface area is 150 Å². The van der Waals surface area contributed by atoms with Crippen molar-refractivity contribution in [1.29, 1.82) is 0 Å². The molecule has 0 fully saturated rings. The number of alkyl carbamates (subject to hydrolysis) is 1. The van der Waals surface area contributed by atoms with Gasteiger partial charge in [0.2, 0.25) is 5.91 Å². The van der Waals surface area contributed by atoms with Crippen molar-refractivity contribution < 1.29 is 19.1 Å². The van der Waals surface area contributed by atoms with Crippen molar-refractivity contribution in [2.75, 3.05) is 19.0 Å². The van der Waals surface area contributed by atoms with Gasteiger partial charge >= 0.3 is 6.09 Å². The standard InChI is InChI=1S/C19H30N2O4/c1-19(2,3)25-18(23)20-13-7-5-6-8-17(22)21-16-11-9-15(10-12-16)14-24-4/h9-12H,5-8,13-14H2,1-4H3,(H,20,23)(H,21,22). The number of ether oxygens (including phenoxy) is 2. The maximum atomic E-state index is 11.9. The quantitative estimate of drug-likeness (QED) is 0.663. The minimum atomic E-state index is -0.482. The van der Waals surface area contributed by atoms with E-state index in [4.69, 9.17) is 9.47 Å². The third-order valence-corrected chi connectivity index (χ3v) is 3.30. The van der Waals surface area contributed by atoms with E-state index in [0.29, 0.717) is 19.6 Å². The Morgan fingerprint density at radius 1 is 1.04 bits per heavy atom. The van der Waals surface area contributed by atoms with Crippen molar-refractivity contribution in [3.05, 3.63) is 29.8 Å². The van der Waals surface area contributed by atoms with Gasteiger partial charge in [-0.05, 0) is 51.3 Å². The molecule has 0 aliphatic rings. The lowest BCUT2D eigenvalue weighted by atomic mass is 10.1.